The molecule has 0 fully saturated rings. The van der Waals surface area contributed by atoms with Crippen molar-refractivity contribution in [2.24, 2.45) is 0 Å². The van der Waals surface area contributed by atoms with Crippen LogP contribution < -0.4 is 10.7 Å². The standard InChI is InChI=1S/C22H18FN3O2/c1-13-5-3-7-18(14(13)2)25-20(27)12-26-19-9-8-15(23)11-17(19)21(28)16-6-4-10-24-22(16)26/h3-11H,12H2,1-2H3,(H,25,27). The van der Waals surface area contributed by atoms with Crippen molar-refractivity contribution in [3.63, 3.8) is 0 Å². The van der Waals surface area contributed by atoms with E-state index in [1.54, 1.807) is 22.9 Å². The molecule has 0 saturated heterocycles. The number of amides is 1. The zero-order valence-electron chi connectivity index (χ0n) is 15.5. The molecule has 140 valence electrons. The number of fused-ring (bicyclic) bond motifs is 2. The number of aromatic nitrogens is 2. The first-order valence-electron chi connectivity index (χ1n) is 8.88. The first-order chi connectivity index (χ1) is 13.5. The fourth-order valence-electron chi connectivity index (χ4n) is 3.35. The lowest BCUT2D eigenvalue weighted by Gasteiger charge is -2.15. The number of benzene rings is 2. The van der Waals surface area contributed by atoms with E-state index in [0.29, 0.717) is 16.6 Å². The molecule has 1 amide bonds. The van der Waals surface area contributed by atoms with Gasteiger partial charge in [-0.25, -0.2) is 9.37 Å². The average Bonchev–Trinajstić information content (AvgIpc) is 2.69. The van der Waals surface area contributed by atoms with Gasteiger partial charge >= 0.3 is 0 Å². The van der Waals surface area contributed by atoms with Crippen molar-refractivity contribution in [3.8, 4) is 0 Å². The van der Waals surface area contributed by atoms with Gasteiger partial charge in [-0.3, -0.25) is 9.59 Å². The molecule has 0 radical (unpaired) electrons. The number of hydrogen-bond donors (Lipinski definition) is 1. The second-order valence-electron chi connectivity index (χ2n) is 6.75. The normalized spacial score (nSPS) is 11.1. The minimum Gasteiger partial charge on any atom is -0.324 e. The Hall–Kier alpha value is -3.54. The number of hydrogen-bond acceptors (Lipinski definition) is 3. The number of nitrogens with one attached hydrogen (secondary N) is 1. The number of rotatable bonds is 3. The van der Waals surface area contributed by atoms with Crippen LogP contribution in [0.5, 0.6) is 0 Å². The van der Waals surface area contributed by atoms with Crippen LogP contribution in [-0.2, 0) is 11.3 Å². The molecule has 1 N–H and O–H groups in total. The maximum absolute atomic E-state index is 13.7. The summed E-state index contributed by atoms with van der Waals surface area (Å²) in [6, 6.07) is 13.0. The van der Waals surface area contributed by atoms with Gasteiger partial charge in [0.05, 0.1) is 10.9 Å². The highest BCUT2D eigenvalue weighted by molar-refractivity contribution is 5.96. The highest BCUT2D eigenvalue weighted by Crippen LogP contribution is 2.21. The van der Waals surface area contributed by atoms with Gasteiger partial charge in [-0.15, -0.1) is 0 Å². The molecule has 0 aliphatic heterocycles. The van der Waals surface area contributed by atoms with E-state index in [2.05, 4.69) is 10.3 Å². The van der Waals surface area contributed by atoms with E-state index in [9.17, 15) is 14.0 Å². The Balaban J connectivity index is 1.83. The van der Waals surface area contributed by atoms with Gasteiger partial charge < -0.3 is 9.88 Å². The molecular weight excluding hydrogens is 357 g/mol. The number of pyridine rings is 2. The summed E-state index contributed by atoms with van der Waals surface area (Å²) in [6.45, 7) is 3.87. The molecule has 4 rings (SSSR count). The van der Waals surface area contributed by atoms with Gasteiger partial charge in [0.1, 0.15) is 18.0 Å². The Bertz CT molecular complexity index is 1290. The van der Waals surface area contributed by atoms with Crippen LogP contribution in [-0.4, -0.2) is 15.5 Å². The second-order valence-corrected chi connectivity index (χ2v) is 6.75. The molecule has 4 aromatic rings. The molecule has 2 aromatic carbocycles. The van der Waals surface area contributed by atoms with Crippen molar-refractivity contribution in [1.29, 1.82) is 0 Å². The highest BCUT2D eigenvalue weighted by atomic mass is 19.1. The molecular formula is C22H18FN3O2. The molecule has 0 bridgehead atoms. The van der Waals surface area contributed by atoms with Crippen molar-refractivity contribution in [2.75, 3.05) is 5.32 Å². The number of carbonyl (C=O) groups is 1. The Morgan fingerprint density at radius 3 is 2.75 bits per heavy atom. The summed E-state index contributed by atoms with van der Waals surface area (Å²) in [7, 11) is 0. The number of carbonyl (C=O) groups excluding carboxylic acids is 1. The lowest BCUT2D eigenvalue weighted by Crippen LogP contribution is -2.22. The van der Waals surface area contributed by atoms with Gasteiger partial charge in [0.2, 0.25) is 5.91 Å². The molecule has 0 aliphatic rings. The Kier molecular flexibility index (Phi) is 4.39. The summed E-state index contributed by atoms with van der Waals surface area (Å²) in [6.07, 6.45) is 1.57. The molecule has 0 atom stereocenters. The number of nitrogens with zero attached hydrogens (tertiary/aromatic N) is 2. The monoisotopic (exact) mass is 375 g/mol. The van der Waals surface area contributed by atoms with Gasteiger partial charge in [0.15, 0.2) is 5.43 Å². The molecule has 2 aromatic heterocycles. The summed E-state index contributed by atoms with van der Waals surface area (Å²) in [5.74, 6) is -0.755. The smallest absolute Gasteiger partial charge is 0.244 e. The van der Waals surface area contributed by atoms with Gasteiger partial charge in [0.25, 0.3) is 0 Å². The quantitative estimate of drug-likeness (QED) is 0.552. The van der Waals surface area contributed by atoms with E-state index in [1.165, 1.54) is 18.2 Å². The van der Waals surface area contributed by atoms with Gasteiger partial charge in [-0.2, -0.15) is 0 Å². The molecule has 0 spiro atoms. The average molecular weight is 375 g/mol. The second kappa shape index (κ2) is 6.88. The summed E-state index contributed by atoms with van der Waals surface area (Å²) in [5.41, 5.74) is 3.36. The van der Waals surface area contributed by atoms with Crippen LogP contribution in [0.4, 0.5) is 10.1 Å². The highest BCUT2D eigenvalue weighted by Gasteiger charge is 2.15. The third kappa shape index (κ3) is 3.03. The van der Waals surface area contributed by atoms with E-state index in [-0.39, 0.29) is 23.3 Å². The topological polar surface area (TPSA) is 64.0 Å². The van der Waals surface area contributed by atoms with E-state index in [0.717, 1.165) is 16.8 Å². The molecule has 0 unspecified atom stereocenters. The largest absolute Gasteiger partial charge is 0.324 e. The Morgan fingerprint density at radius 2 is 1.93 bits per heavy atom. The predicted molar refractivity (Wildman–Crippen MR) is 108 cm³/mol. The van der Waals surface area contributed by atoms with Crippen LogP contribution in [0.15, 0.2) is 59.5 Å². The van der Waals surface area contributed by atoms with Crippen LogP contribution in [0.1, 0.15) is 11.1 Å². The van der Waals surface area contributed by atoms with Gasteiger partial charge in [-0.05, 0) is 61.4 Å². The van der Waals surface area contributed by atoms with Crippen LogP contribution in [0.3, 0.4) is 0 Å². The van der Waals surface area contributed by atoms with Gasteiger partial charge in [0, 0.05) is 17.3 Å². The van der Waals surface area contributed by atoms with Crippen molar-refractivity contribution < 1.29 is 9.18 Å². The van der Waals surface area contributed by atoms with Crippen LogP contribution in [0.2, 0.25) is 0 Å². The molecule has 0 saturated carbocycles. The minimum atomic E-state index is -0.501. The lowest BCUT2D eigenvalue weighted by atomic mass is 10.1. The van der Waals surface area contributed by atoms with E-state index in [4.69, 9.17) is 0 Å². The maximum Gasteiger partial charge on any atom is 0.244 e. The fourth-order valence-corrected chi connectivity index (χ4v) is 3.35. The van der Waals surface area contributed by atoms with Crippen LogP contribution in [0.25, 0.3) is 21.9 Å². The zero-order chi connectivity index (χ0) is 19.8. The third-order valence-corrected chi connectivity index (χ3v) is 4.96. The molecule has 6 heteroatoms. The number of aryl methyl sites for hydroxylation is 1. The minimum absolute atomic E-state index is 0.0523. The molecule has 28 heavy (non-hydrogen) atoms. The molecule has 0 aliphatic carbocycles. The van der Waals surface area contributed by atoms with Crippen molar-refractivity contribution >= 4 is 33.5 Å². The fraction of sp³-hybridized carbons (Fsp3) is 0.136. The van der Waals surface area contributed by atoms with Crippen LogP contribution in [0, 0.1) is 19.7 Å². The Labute approximate surface area is 160 Å². The lowest BCUT2D eigenvalue weighted by molar-refractivity contribution is -0.116. The third-order valence-electron chi connectivity index (χ3n) is 4.96. The van der Waals surface area contributed by atoms with E-state index >= 15 is 0 Å². The van der Waals surface area contributed by atoms with E-state index in [1.807, 2.05) is 32.0 Å². The molecule has 5 nitrogen and oxygen atoms in total. The van der Waals surface area contributed by atoms with Crippen molar-refractivity contribution in [2.45, 2.75) is 20.4 Å². The van der Waals surface area contributed by atoms with Crippen molar-refractivity contribution in [3.05, 3.63) is 81.9 Å². The van der Waals surface area contributed by atoms with Gasteiger partial charge in [-0.1, -0.05) is 12.1 Å². The SMILES string of the molecule is Cc1cccc(NC(=O)Cn2c3ccc(F)cc3c(=O)c3cccnc32)c1C. The molecule has 2 heterocycles. The van der Waals surface area contributed by atoms with Crippen LogP contribution >= 0.6 is 0 Å². The summed E-state index contributed by atoms with van der Waals surface area (Å²) in [4.78, 5) is 29.8. The summed E-state index contributed by atoms with van der Waals surface area (Å²) in [5, 5.41) is 3.48. The predicted octanol–water partition coefficient (Wildman–Crippen LogP) is 3.94. The summed E-state index contributed by atoms with van der Waals surface area (Å²) >= 11 is 0. The first kappa shape index (κ1) is 17.9. The van der Waals surface area contributed by atoms with E-state index < -0.39 is 5.82 Å². The summed E-state index contributed by atoms with van der Waals surface area (Å²) < 4.78 is 15.4. The maximum atomic E-state index is 13.7. The van der Waals surface area contributed by atoms with Crippen molar-refractivity contribution in [1.82, 2.24) is 9.55 Å². The first-order valence-corrected chi connectivity index (χ1v) is 8.88. The Morgan fingerprint density at radius 1 is 1.11 bits per heavy atom. The number of halogens is 1. The zero-order valence-corrected chi connectivity index (χ0v) is 15.5. The number of anilines is 1.